The van der Waals surface area contributed by atoms with Gasteiger partial charge in [0.25, 0.3) is 5.71 Å². The van der Waals surface area contributed by atoms with Gasteiger partial charge in [-0.15, -0.1) is 0 Å². The van der Waals surface area contributed by atoms with Gasteiger partial charge in [-0.1, -0.05) is 11.2 Å². The number of aromatic nitrogens is 3. The van der Waals surface area contributed by atoms with Crippen LogP contribution in [0.5, 0.6) is 0 Å². The van der Waals surface area contributed by atoms with Gasteiger partial charge in [0, 0.05) is 17.3 Å². The van der Waals surface area contributed by atoms with Gasteiger partial charge in [-0.2, -0.15) is 4.98 Å². The van der Waals surface area contributed by atoms with Crippen molar-refractivity contribution in [3.8, 4) is 11.3 Å². The Morgan fingerprint density at radius 1 is 0.880 bits per heavy atom. The standard InChI is InChI=1S/C17H9F3N4O/c18-10-2-1-3-13(7-10)23-16-14-15(24-25-17(14)22-8-21-16)9-4-11(19)6-12(20)5-9/h1-8H,(H,21,22,23). The molecule has 0 atom stereocenters. The largest absolute Gasteiger partial charge is 0.339 e. The lowest BCUT2D eigenvalue weighted by Crippen LogP contribution is -1.96. The first-order valence-corrected chi connectivity index (χ1v) is 7.19. The molecule has 0 amide bonds. The maximum Gasteiger partial charge on any atom is 0.263 e. The first kappa shape index (κ1) is 15.1. The highest BCUT2D eigenvalue weighted by Gasteiger charge is 2.18. The number of anilines is 2. The van der Waals surface area contributed by atoms with E-state index in [0.717, 1.165) is 18.2 Å². The minimum Gasteiger partial charge on any atom is -0.339 e. The van der Waals surface area contributed by atoms with E-state index in [1.807, 2.05) is 0 Å². The zero-order valence-corrected chi connectivity index (χ0v) is 12.5. The summed E-state index contributed by atoms with van der Waals surface area (Å²) in [6, 6.07) is 8.77. The molecular formula is C17H9F3N4O. The monoisotopic (exact) mass is 342 g/mol. The predicted octanol–water partition coefficient (Wildman–Crippen LogP) is 4.45. The van der Waals surface area contributed by atoms with Crippen molar-refractivity contribution in [1.29, 1.82) is 0 Å². The molecule has 0 saturated heterocycles. The van der Waals surface area contributed by atoms with Crippen LogP contribution in [-0.2, 0) is 0 Å². The molecular weight excluding hydrogens is 333 g/mol. The van der Waals surface area contributed by atoms with Crippen molar-refractivity contribution in [1.82, 2.24) is 15.1 Å². The van der Waals surface area contributed by atoms with E-state index >= 15 is 0 Å². The Kier molecular flexibility index (Phi) is 3.57. The Bertz CT molecular complexity index is 1060. The van der Waals surface area contributed by atoms with E-state index < -0.39 is 17.5 Å². The normalized spacial score (nSPS) is 11.0. The van der Waals surface area contributed by atoms with Gasteiger partial charge in [-0.25, -0.2) is 18.2 Å². The number of fused-ring (bicyclic) bond motifs is 1. The van der Waals surface area contributed by atoms with Gasteiger partial charge in [0.1, 0.15) is 40.7 Å². The van der Waals surface area contributed by atoms with Gasteiger partial charge in [-0.05, 0) is 30.3 Å². The highest BCUT2D eigenvalue weighted by atomic mass is 19.1. The predicted molar refractivity (Wildman–Crippen MR) is 84.6 cm³/mol. The third-order valence-electron chi connectivity index (χ3n) is 3.50. The first-order valence-electron chi connectivity index (χ1n) is 7.19. The molecule has 2 heterocycles. The summed E-state index contributed by atoms with van der Waals surface area (Å²) in [6.07, 6.45) is 1.24. The fraction of sp³-hybridized carbons (Fsp3) is 0. The van der Waals surface area contributed by atoms with Crippen molar-refractivity contribution < 1.29 is 17.7 Å². The number of nitrogens with one attached hydrogen (secondary N) is 1. The average Bonchev–Trinajstić information content (AvgIpc) is 2.99. The molecule has 1 N–H and O–H groups in total. The molecule has 0 aliphatic rings. The Morgan fingerprint density at radius 2 is 1.68 bits per heavy atom. The zero-order valence-electron chi connectivity index (χ0n) is 12.5. The fourth-order valence-corrected chi connectivity index (χ4v) is 2.47. The molecule has 25 heavy (non-hydrogen) atoms. The molecule has 0 aliphatic heterocycles. The quantitative estimate of drug-likeness (QED) is 0.596. The van der Waals surface area contributed by atoms with Crippen molar-refractivity contribution in [2.24, 2.45) is 0 Å². The third kappa shape index (κ3) is 2.89. The molecule has 124 valence electrons. The molecule has 4 rings (SSSR count). The molecule has 0 saturated carbocycles. The summed E-state index contributed by atoms with van der Waals surface area (Å²) < 4.78 is 45.5. The van der Waals surface area contributed by atoms with Crippen LogP contribution in [0.25, 0.3) is 22.4 Å². The van der Waals surface area contributed by atoms with Crippen molar-refractivity contribution in [2.75, 3.05) is 5.32 Å². The van der Waals surface area contributed by atoms with E-state index in [2.05, 4.69) is 20.4 Å². The van der Waals surface area contributed by atoms with Crippen LogP contribution in [0.1, 0.15) is 0 Å². The van der Waals surface area contributed by atoms with Crippen LogP contribution in [-0.4, -0.2) is 15.1 Å². The molecule has 0 aliphatic carbocycles. The lowest BCUT2D eigenvalue weighted by molar-refractivity contribution is 0.451. The van der Waals surface area contributed by atoms with Crippen LogP contribution >= 0.6 is 0 Å². The van der Waals surface area contributed by atoms with Crippen LogP contribution < -0.4 is 5.32 Å². The van der Waals surface area contributed by atoms with Crippen LogP contribution in [0.2, 0.25) is 0 Å². The molecule has 0 fully saturated rings. The van der Waals surface area contributed by atoms with Gasteiger partial charge >= 0.3 is 0 Å². The van der Waals surface area contributed by atoms with Gasteiger partial charge in [0.05, 0.1) is 0 Å². The minimum absolute atomic E-state index is 0.133. The van der Waals surface area contributed by atoms with Crippen molar-refractivity contribution >= 4 is 22.6 Å². The molecule has 5 nitrogen and oxygen atoms in total. The number of rotatable bonds is 3. The first-order chi connectivity index (χ1) is 12.1. The molecule has 2 aromatic carbocycles. The van der Waals surface area contributed by atoms with Gasteiger partial charge in [-0.3, -0.25) is 0 Å². The van der Waals surface area contributed by atoms with Gasteiger partial charge in [0.2, 0.25) is 0 Å². The Labute approximate surface area is 139 Å². The van der Waals surface area contributed by atoms with Crippen LogP contribution in [0, 0.1) is 17.5 Å². The van der Waals surface area contributed by atoms with E-state index in [1.165, 1.54) is 24.5 Å². The van der Waals surface area contributed by atoms with Gasteiger partial charge < -0.3 is 9.84 Å². The number of hydrogen-bond donors (Lipinski definition) is 1. The number of halogens is 3. The molecule has 0 spiro atoms. The lowest BCUT2D eigenvalue weighted by atomic mass is 10.1. The van der Waals surface area contributed by atoms with Crippen molar-refractivity contribution in [3.63, 3.8) is 0 Å². The second-order valence-corrected chi connectivity index (χ2v) is 5.23. The van der Waals surface area contributed by atoms with Crippen LogP contribution in [0.4, 0.5) is 24.7 Å². The summed E-state index contributed by atoms with van der Waals surface area (Å²) in [5.74, 6) is -1.64. The summed E-state index contributed by atoms with van der Waals surface area (Å²) in [7, 11) is 0. The molecule has 4 aromatic rings. The average molecular weight is 342 g/mol. The summed E-state index contributed by atoms with van der Waals surface area (Å²) in [5.41, 5.74) is 0.924. The SMILES string of the molecule is Fc1cccc(Nc2ncnc3onc(-c4cc(F)cc(F)c4)c23)c1. The van der Waals surface area contributed by atoms with Crippen molar-refractivity contribution in [2.45, 2.75) is 0 Å². The van der Waals surface area contributed by atoms with E-state index in [4.69, 9.17) is 4.52 Å². The van der Waals surface area contributed by atoms with Crippen LogP contribution in [0.15, 0.2) is 53.3 Å². The molecule has 0 radical (unpaired) electrons. The van der Waals surface area contributed by atoms with Gasteiger partial charge in [0.15, 0.2) is 0 Å². The molecule has 8 heteroatoms. The van der Waals surface area contributed by atoms with E-state index in [9.17, 15) is 13.2 Å². The van der Waals surface area contributed by atoms with E-state index in [-0.39, 0.29) is 22.8 Å². The fourth-order valence-electron chi connectivity index (χ4n) is 2.47. The highest BCUT2D eigenvalue weighted by molar-refractivity contribution is 5.98. The maximum atomic E-state index is 13.5. The topological polar surface area (TPSA) is 63.8 Å². The zero-order chi connectivity index (χ0) is 17.4. The lowest BCUT2D eigenvalue weighted by Gasteiger charge is -2.07. The maximum absolute atomic E-state index is 13.5. The molecule has 0 unspecified atom stereocenters. The van der Waals surface area contributed by atoms with Crippen LogP contribution in [0.3, 0.4) is 0 Å². The van der Waals surface area contributed by atoms with E-state index in [0.29, 0.717) is 11.1 Å². The third-order valence-corrected chi connectivity index (χ3v) is 3.50. The number of nitrogens with zero attached hydrogens (tertiary/aromatic N) is 3. The minimum atomic E-state index is -0.748. The Morgan fingerprint density at radius 3 is 2.44 bits per heavy atom. The smallest absolute Gasteiger partial charge is 0.263 e. The molecule has 0 bridgehead atoms. The second kappa shape index (κ2) is 5.90. The Balaban J connectivity index is 1.87. The van der Waals surface area contributed by atoms with E-state index in [1.54, 1.807) is 6.07 Å². The van der Waals surface area contributed by atoms with Crippen molar-refractivity contribution in [3.05, 3.63) is 66.2 Å². The molecule has 2 aromatic heterocycles. The summed E-state index contributed by atoms with van der Waals surface area (Å²) >= 11 is 0. The summed E-state index contributed by atoms with van der Waals surface area (Å²) in [5, 5.41) is 7.11. The Hall–Kier alpha value is -3.42. The second-order valence-electron chi connectivity index (χ2n) is 5.23. The highest BCUT2D eigenvalue weighted by Crippen LogP contribution is 2.33. The summed E-state index contributed by atoms with van der Waals surface area (Å²) in [4.78, 5) is 8.05. The number of benzene rings is 2. The summed E-state index contributed by atoms with van der Waals surface area (Å²) in [6.45, 7) is 0. The number of hydrogen-bond acceptors (Lipinski definition) is 5.